The fourth-order valence-corrected chi connectivity index (χ4v) is 2.98. The highest BCUT2D eigenvalue weighted by molar-refractivity contribution is 5.87. The van der Waals surface area contributed by atoms with Gasteiger partial charge in [0.15, 0.2) is 0 Å². The van der Waals surface area contributed by atoms with Gasteiger partial charge in [-0.25, -0.2) is 8.78 Å². The molecule has 2 N–H and O–H groups in total. The highest BCUT2D eigenvalue weighted by atomic mass is 19.3. The molecule has 0 aliphatic heterocycles. The molecule has 0 amide bonds. The molecule has 1 aromatic carbocycles. The van der Waals surface area contributed by atoms with Crippen molar-refractivity contribution in [2.45, 2.75) is 44.1 Å². The maximum Gasteiger partial charge on any atom is 0.248 e. The molecule has 2 aromatic rings. The van der Waals surface area contributed by atoms with Crippen molar-refractivity contribution in [1.29, 1.82) is 0 Å². The zero-order valence-electron chi connectivity index (χ0n) is 12.8. The van der Waals surface area contributed by atoms with E-state index >= 15 is 0 Å². The SMILES string of the molecule is NC=CCc1ccc(OC2CCC(F)(F)CC2)c2ncccc12. The number of aromatic nitrogens is 1. The fourth-order valence-electron chi connectivity index (χ4n) is 2.98. The minimum absolute atomic E-state index is 0.109. The Morgan fingerprint density at radius 1 is 1.26 bits per heavy atom. The number of nitrogens with zero attached hydrogens (tertiary/aromatic N) is 1. The van der Waals surface area contributed by atoms with Crippen LogP contribution in [0.4, 0.5) is 8.78 Å². The quantitative estimate of drug-likeness (QED) is 0.919. The Bertz CT molecular complexity index is 705. The summed E-state index contributed by atoms with van der Waals surface area (Å²) in [5, 5.41) is 1.00. The molecule has 1 saturated carbocycles. The lowest BCUT2D eigenvalue weighted by Crippen LogP contribution is -2.30. The van der Waals surface area contributed by atoms with Crippen molar-refractivity contribution >= 4 is 10.9 Å². The predicted octanol–water partition coefficient (Wildman–Crippen LogP) is 4.21. The Kier molecular flexibility index (Phi) is 4.46. The van der Waals surface area contributed by atoms with Crippen LogP contribution in [0.2, 0.25) is 0 Å². The van der Waals surface area contributed by atoms with Gasteiger partial charge in [-0.05, 0) is 43.2 Å². The van der Waals surface area contributed by atoms with Crippen LogP contribution in [0.3, 0.4) is 0 Å². The summed E-state index contributed by atoms with van der Waals surface area (Å²) in [6, 6.07) is 7.73. The third kappa shape index (κ3) is 3.60. The van der Waals surface area contributed by atoms with E-state index in [0.29, 0.717) is 25.0 Å². The van der Waals surface area contributed by atoms with Crippen molar-refractivity contribution in [3.05, 3.63) is 48.3 Å². The average Bonchev–Trinajstić information content (AvgIpc) is 2.56. The van der Waals surface area contributed by atoms with E-state index in [1.807, 2.05) is 30.3 Å². The van der Waals surface area contributed by atoms with Crippen LogP contribution in [0.5, 0.6) is 5.75 Å². The molecule has 1 heterocycles. The Morgan fingerprint density at radius 2 is 2.04 bits per heavy atom. The minimum Gasteiger partial charge on any atom is -0.488 e. The van der Waals surface area contributed by atoms with Crippen LogP contribution in [0.25, 0.3) is 10.9 Å². The molecule has 122 valence electrons. The molecule has 3 rings (SSSR count). The molecule has 1 aromatic heterocycles. The van der Waals surface area contributed by atoms with E-state index in [0.717, 1.165) is 16.5 Å². The van der Waals surface area contributed by atoms with Gasteiger partial charge in [0.1, 0.15) is 11.3 Å². The third-order valence-corrected chi connectivity index (χ3v) is 4.25. The lowest BCUT2D eigenvalue weighted by Gasteiger charge is -2.29. The number of ether oxygens (including phenoxy) is 1. The van der Waals surface area contributed by atoms with Crippen molar-refractivity contribution in [3.63, 3.8) is 0 Å². The van der Waals surface area contributed by atoms with Crippen molar-refractivity contribution < 1.29 is 13.5 Å². The Morgan fingerprint density at radius 3 is 2.78 bits per heavy atom. The van der Waals surface area contributed by atoms with E-state index in [2.05, 4.69) is 4.98 Å². The van der Waals surface area contributed by atoms with Crippen molar-refractivity contribution in [2.24, 2.45) is 5.73 Å². The van der Waals surface area contributed by atoms with Gasteiger partial charge in [-0.2, -0.15) is 0 Å². The van der Waals surface area contributed by atoms with Crippen LogP contribution in [0.1, 0.15) is 31.2 Å². The second-order valence-electron chi connectivity index (χ2n) is 5.93. The molecule has 1 aliphatic rings. The number of rotatable bonds is 4. The first-order chi connectivity index (χ1) is 11.1. The lowest BCUT2D eigenvalue weighted by molar-refractivity contribution is -0.0580. The minimum atomic E-state index is -2.54. The molecule has 5 heteroatoms. The Hall–Kier alpha value is -2.17. The fraction of sp³-hybridized carbons (Fsp3) is 0.389. The first-order valence-corrected chi connectivity index (χ1v) is 7.87. The molecule has 0 saturated heterocycles. The summed E-state index contributed by atoms with van der Waals surface area (Å²) in [4.78, 5) is 4.42. The topological polar surface area (TPSA) is 48.1 Å². The molecule has 1 fully saturated rings. The van der Waals surface area contributed by atoms with Gasteiger partial charge in [0, 0.05) is 24.4 Å². The summed E-state index contributed by atoms with van der Waals surface area (Å²) in [5.41, 5.74) is 7.29. The summed E-state index contributed by atoms with van der Waals surface area (Å²) < 4.78 is 32.5. The first kappa shape index (κ1) is 15.7. The summed E-state index contributed by atoms with van der Waals surface area (Å²) in [6.45, 7) is 0. The van der Waals surface area contributed by atoms with Gasteiger partial charge in [-0.1, -0.05) is 18.2 Å². The Balaban J connectivity index is 1.84. The number of pyridine rings is 1. The van der Waals surface area contributed by atoms with E-state index in [9.17, 15) is 8.78 Å². The molecular weight excluding hydrogens is 298 g/mol. The smallest absolute Gasteiger partial charge is 0.248 e. The predicted molar refractivity (Wildman–Crippen MR) is 86.6 cm³/mol. The number of hydrogen-bond donors (Lipinski definition) is 1. The summed E-state index contributed by atoms with van der Waals surface area (Å²) in [6.07, 6.45) is 6.19. The number of allylic oxidation sites excluding steroid dienone is 1. The highest BCUT2D eigenvalue weighted by Gasteiger charge is 2.35. The van der Waals surface area contributed by atoms with Crippen LogP contribution in [-0.4, -0.2) is 17.0 Å². The number of fused-ring (bicyclic) bond motifs is 1. The van der Waals surface area contributed by atoms with Crippen molar-refractivity contribution in [1.82, 2.24) is 4.98 Å². The van der Waals surface area contributed by atoms with Crippen LogP contribution < -0.4 is 10.5 Å². The van der Waals surface area contributed by atoms with Gasteiger partial charge < -0.3 is 10.5 Å². The van der Waals surface area contributed by atoms with Gasteiger partial charge >= 0.3 is 0 Å². The van der Waals surface area contributed by atoms with Gasteiger partial charge in [-0.3, -0.25) is 4.98 Å². The molecule has 0 radical (unpaired) electrons. The molecule has 0 atom stereocenters. The third-order valence-electron chi connectivity index (χ3n) is 4.25. The number of halogens is 2. The van der Waals surface area contributed by atoms with E-state index < -0.39 is 5.92 Å². The molecule has 3 nitrogen and oxygen atoms in total. The van der Waals surface area contributed by atoms with Crippen LogP contribution in [0, 0.1) is 0 Å². The normalized spacial score (nSPS) is 18.5. The number of nitrogens with two attached hydrogens (primary N) is 1. The number of hydrogen-bond acceptors (Lipinski definition) is 3. The van der Waals surface area contributed by atoms with Crippen molar-refractivity contribution in [3.8, 4) is 5.75 Å². The summed E-state index contributed by atoms with van der Waals surface area (Å²) in [5.74, 6) is -1.88. The maximum atomic E-state index is 13.3. The van der Waals surface area contributed by atoms with Crippen LogP contribution >= 0.6 is 0 Å². The van der Waals surface area contributed by atoms with E-state index in [-0.39, 0.29) is 18.9 Å². The molecule has 0 bridgehead atoms. The van der Waals surface area contributed by atoms with Gasteiger partial charge in [0.25, 0.3) is 0 Å². The number of alkyl halides is 2. The molecule has 1 aliphatic carbocycles. The summed E-state index contributed by atoms with van der Waals surface area (Å²) >= 11 is 0. The zero-order chi connectivity index (χ0) is 16.3. The van der Waals surface area contributed by atoms with Gasteiger partial charge in [0.2, 0.25) is 5.92 Å². The molecular formula is C18H20F2N2O. The van der Waals surface area contributed by atoms with Crippen LogP contribution in [-0.2, 0) is 6.42 Å². The number of benzene rings is 1. The zero-order valence-corrected chi connectivity index (χ0v) is 12.8. The molecule has 0 spiro atoms. The van der Waals surface area contributed by atoms with E-state index in [4.69, 9.17) is 10.5 Å². The molecule has 0 unspecified atom stereocenters. The summed E-state index contributed by atoms with van der Waals surface area (Å²) in [7, 11) is 0. The molecule has 23 heavy (non-hydrogen) atoms. The largest absolute Gasteiger partial charge is 0.488 e. The second kappa shape index (κ2) is 6.52. The van der Waals surface area contributed by atoms with E-state index in [1.165, 1.54) is 6.20 Å². The average molecular weight is 318 g/mol. The second-order valence-corrected chi connectivity index (χ2v) is 5.93. The van der Waals surface area contributed by atoms with Crippen LogP contribution in [0.15, 0.2) is 42.7 Å². The van der Waals surface area contributed by atoms with Gasteiger partial charge in [0.05, 0.1) is 6.10 Å². The monoisotopic (exact) mass is 318 g/mol. The van der Waals surface area contributed by atoms with E-state index in [1.54, 1.807) is 6.20 Å². The lowest BCUT2D eigenvalue weighted by atomic mass is 9.94. The maximum absolute atomic E-state index is 13.3. The standard InChI is InChI=1S/C18H20F2N2O/c19-18(20)9-7-14(8-10-18)23-16-6-5-13(3-1-11-21)15-4-2-12-22-17(15)16/h1-2,4-6,11-12,14H,3,7-10,21H2. The first-order valence-electron chi connectivity index (χ1n) is 7.87. The highest BCUT2D eigenvalue weighted by Crippen LogP contribution is 2.36. The Labute approximate surface area is 134 Å². The van der Waals surface area contributed by atoms with Crippen molar-refractivity contribution in [2.75, 3.05) is 0 Å². The van der Waals surface area contributed by atoms with Gasteiger partial charge in [-0.15, -0.1) is 0 Å².